The van der Waals surface area contributed by atoms with Crippen LogP contribution in [0.1, 0.15) is 12.5 Å². The van der Waals surface area contributed by atoms with E-state index in [2.05, 4.69) is 6.07 Å². The number of hydrogen-bond acceptors (Lipinski definition) is 3. The van der Waals surface area contributed by atoms with E-state index in [1.165, 1.54) is 0 Å². The molecular formula is C14H16N2O2. The molecule has 4 nitrogen and oxygen atoms in total. The van der Waals surface area contributed by atoms with Crippen LogP contribution in [0, 0.1) is 17.2 Å². The van der Waals surface area contributed by atoms with Crippen LogP contribution >= 0.6 is 0 Å². The fourth-order valence-electron chi connectivity index (χ4n) is 1.56. The Hall–Kier alpha value is -2.28. The summed E-state index contributed by atoms with van der Waals surface area (Å²) in [6.07, 6.45) is 2.65. The number of hydrogen-bond donors (Lipinski definition) is 1. The Morgan fingerprint density at radius 1 is 1.50 bits per heavy atom. The summed E-state index contributed by atoms with van der Waals surface area (Å²) < 4.78 is 0. The van der Waals surface area contributed by atoms with Gasteiger partial charge in [-0.2, -0.15) is 5.26 Å². The molecule has 0 aliphatic heterocycles. The van der Waals surface area contributed by atoms with Gasteiger partial charge in [-0.25, -0.2) is 4.79 Å². The molecule has 0 saturated heterocycles. The van der Waals surface area contributed by atoms with Crippen molar-refractivity contribution >= 4 is 17.7 Å². The van der Waals surface area contributed by atoms with Crippen LogP contribution in [0.15, 0.2) is 30.3 Å². The molecule has 1 aromatic rings. The quantitative estimate of drug-likeness (QED) is 0.808. The lowest BCUT2D eigenvalue weighted by molar-refractivity contribution is -0.131. The number of carboxylic acids is 1. The van der Waals surface area contributed by atoms with E-state index in [0.29, 0.717) is 6.54 Å². The zero-order chi connectivity index (χ0) is 13.5. The molecule has 0 heterocycles. The van der Waals surface area contributed by atoms with Crippen LogP contribution in [0.3, 0.4) is 0 Å². The molecule has 0 fully saturated rings. The second-order valence-corrected chi connectivity index (χ2v) is 4.17. The van der Waals surface area contributed by atoms with E-state index < -0.39 is 5.97 Å². The van der Waals surface area contributed by atoms with Crippen molar-refractivity contribution < 1.29 is 9.90 Å². The summed E-state index contributed by atoms with van der Waals surface area (Å²) in [4.78, 5) is 12.4. The van der Waals surface area contributed by atoms with Crippen molar-refractivity contribution in [2.45, 2.75) is 6.92 Å². The maximum Gasteiger partial charge on any atom is 0.328 e. The van der Waals surface area contributed by atoms with Crippen molar-refractivity contribution in [2.24, 2.45) is 5.92 Å². The highest BCUT2D eigenvalue weighted by Gasteiger charge is 2.05. The third kappa shape index (κ3) is 4.30. The smallest absolute Gasteiger partial charge is 0.328 e. The predicted octanol–water partition coefficient (Wildman–Crippen LogP) is 2.38. The number of benzene rings is 1. The zero-order valence-electron chi connectivity index (χ0n) is 10.5. The second kappa shape index (κ2) is 6.45. The molecule has 0 aromatic heterocycles. The van der Waals surface area contributed by atoms with Gasteiger partial charge in [0, 0.05) is 25.4 Å². The maximum absolute atomic E-state index is 10.4. The molecule has 1 atom stereocenters. The molecule has 0 aliphatic carbocycles. The van der Waals surface area contributed by atoms with E-state index in [4.69, 9.17) is 10.4 Å². The van der Waals surface area contributed by atoms with Gasteiger partial charge in [0.2, 0.25) is 0 Å². The van der Waals surface area contributed by atoms with E-state index in [1.54, 1.807) is 6.08 Å². The monoisotopic (exact) mass is 244 g/mol. The first-order chi connectivity index (χ1) is 8.52. The summed E-state index contributed by atoms with van der Waals surface area (Å²) in [5.74, 6) is -0.986. The van der Waals surface area contributed by atoms with Gasteiger partial charge in [0.25, 0.3) is 0 Å². The Labute approximate surface area is 107 Å². The lowest BCUT2D eigenvalue weighted by atomic mass is 10.1. The highest BCUT2D eigenvalue weighted by atomic mass is 16.4. The second-order valence-electron chi connectivity index (χ2n) is 4.17. The van der Waals surface area contributed by atoms with Gasteiger partial charge in [0.1, 0.15) is 0 Å². The summed E-state index contributed by atoms with van der Waals surface area (Å²) in [6.45, 7) is 2.54. The van der Waals surface area contributed by atoms with E-state index in [0.717, 1.165) is 17.3 Å². The minimum atomic E-state index is -0.959. The van der Waals surface area contributed by atoms with Gasteiger partial charge in [-0.3, -0.25) is 0 Å². The van der Waals surface area contributed by atoms with Crippen LogP contribution in [-0.2, 0) is 4.79 Å². The molecule has 1 aromatic carbocycles. The molecule has 0 amide bonds. The molecule has 0 bridgehead atoms. The van der Waals surface area contributed by atoms with Crippen LogP contribution in [0.25, 0.3) is 6.08 Å². The molecule has 0 radical (unpaired) electrons. The Bertz CT molecular complexity index is 472. The van der Waals surface area contributed by atoms with Gasteiger partial charge in [0.15, 0.2) is 0 Å². The Morgan fingerprint density at radius 3 is 2.61 bits per heavy atom. The fraction of sp³-hybridized carbons (Fsp3) is 0.286. The van der Waals surface area contributed by atoms with Gasteiger partial charge in [0.05, 0.1) is 12.0 Å². The lowest BCUT2D eigenvalue weighted by Gasteiger charge is -2.20. The summed E-state index contributed by atoms with van der Waals surface area (Å²) in [5, 5.41) is 17.3. The van der Waals surface area contributed by atoms with Crippen LogP contribution in [0.2, 0.25) is 0 Å². The van der Waals surface area contributed by atoms with Crippen LogP contribution in [-0.4, -0.2) is 24.7 Å². The van der Waals surface area contributed by atoms with E-state index in [-0.39, 0.29) is 5.92 Å². The first kappa shape index (κ1) is 13.8. The predicted molar refractivity (Wildman–Crippen MR) is 71.2 cm³/mol. The van der Waals surface area contributed by atoms with Crippen molar-refractivity contribution in [2.75, 3.05) is 18.5 Å². The first-order valence-electron chi connectivity index (χ1n) is 5.64. The van der Waals surface area contributed by atoms with Crippen molar-refractivity contribution in [3.63, 3.8) is 0 Å². The van der Waals surface area contributed by atoms with Gasteiger partial charge in [-0.05, 0) is 30.7 Å². The fourth-order valence-corrected chi connectivity index (χ4v) is 1.56. The molecule has 0 saturated carbocycles. The molecule has 1 unspecified atom stereocenters. The Kier molecular flexibility index (Phi) is 4.94. The summed E-state index contributed by atoms with van der Waals surface area (Å²) >= 11 is 0. The summed E-state index contributed by atoms with van der Waals surface area (Å²) in [7, 11) is 1.93. The van der Waals surface area contributed by atoms with Crippen LogP contribution < -0.4 is 4.90 Å². The average molecular weight is 244 g/mol. The molecule has 18 heavy (non-hydrogen) atoms. The van der Waals surface area contributed by atoms with E-state index in [9.17, 15) is 4.79 Å². The molecule has 4 heteroatoms. The summed E-state index contributed by atoms with van der Waals surface area (Å²) in [6, 6.07) is 9.71. The molecule has 1 N–H and O–H groups in total. The topological polar surface area (TPSA) is 64.3 Å². The van der Waals surface area contributed by atoms with Crippen LogP contribution in [0.4, 0.5) is 5.69 Å². The minimum absolute atomic E-state index is 0.0263. The highest BCUT2D eigenvalue weighted by molar-refractivity contribution is 5.85. The standard InChI is InChI=1S/C14H16N2O2/c1-11(9-15)10-16(2)13-6-3-12(4-7-13)5-8-14(17)18/h3-8,11H,10H2,1-2H3,(H,17,18)/b8-5+. The van der Waals surface area contributed by atoms with Crippen molar-refractivity contribution in [3.8, 4) is 6.07 Å². The van der Waals surface area contributed by atoms with Crippen molar-refractivity contribution in [1.82, 2.24) is 0 Å². The normalized spacial score (nSPS) is 12.1. The molecular weight excluding hydrogens is 228 g/mol. The Balaban J connectivity index is 2.71. The SMILES string of the molecule is CC(C#N)CN(C)c1ccc(/C=C/C(=O)O)cc1. The third-order valence-electron chi connectivity index (χ3n) is 2.52. The number of anilines is 1. The number of carbonyl (C=O) groups is 1. The van der Waals surface area contributed by atoms with Crippen molar-refractivity contribution in [3.05, 3.63) is 35.9 Å². The lowest BCUT2D eigenvalue weighted by Crippen LogP contribution is -2.22. The van der Waals surface area contributed by atoms with E-state index >= 15 is 0 Å². The van der Waals surface area contributed by atoms with Gasteiger partial charge >= 0.3 is 5.97 Å². The van der Waals surface area contributed by atoms with Crippen molar-refractivity contribution in [1.29, 1.82) is 5.26 Å². The number of nitrogens with zero attached hydrogens (tertiary/aromatic N) is 2. The largest absolute Gasteiger partial charge is 0.478 e. The zero-order valence-corrected chi connectivity index (χ0v) is 10.5. The number of nitriles is 1. The highest BCUT2D eigenvalue weighted by Crippen LogP contribution is 2.15. The van der Waals surface area contributed by atoms with Gasteiger partial charge in [-0.15, -0.1) is 0 Å². The number of aliphatic carboxylic acids is 1. The molecule has 0 spiro atoms. The minimum Gasteiger partial charge on any atom is -0.478 e. The average Bonchev–Trinajstić information content (AvgIpc) is 2.36. The molecule has 94 valence electrons. The molecule has 0 aliphatic rings. The number of carboxylic acid groups (broad SMARTS) is 1. The maximum atomic E-state index is 10.4. The first-order valence-corrected chi connectivity index (χ1v) is 5.64. The van der Waals surface area contributed by atoms with Crippen LogP contribution in [0.5, 0.6) is 0 Å². The van der Waals surface area contributed by atoms with E-state index in [1.807, 2.05) is 43.1 Å². The Morgan fingerprint density at radius 2 is 2.11 bits per heavy atom. The third-order valence-corrected chi connectivity index (χ3v) is 2.52. The summed E-state index contributed by atoms with van der Waals surface area (Å²) in [5.41, 5.74) is 1.84. The number of rotatable bonds is 5. The molecule has 1 rings (SSSR count). The van der Waals surface area contributed by atoms with Gasteiger partial charge in [-0.1, -0.05) is 12.1 Å². The van der Waals surface area contributed by atoms with Gasteiger partial charge < -0.3 is 10.0 Å².